The van der Waals surface area contributed by atoms with Crippen molar-refractivity contribution in [2.75, 3.05) is 0 Å². The van der Waals surface area contributed by atoms with E-state index in [4.69, 9.17) is 0 Å². The molecular formula is C12H20N2. The fourth-order valence-electron chi connectivity index (χ4n) is 1.11. The number of nitrogens with zero attached hydrogens (tertiary/aromatic N) is 1. The molecular weight excluding hydrogens is 172 g/mol. The van der Waals surface area contributed by atoms with Crippen molar-refractivity contribution in [3.8, 4) is 0 Å². The second-order valence-electron chi connectivity index (χ2n) is 2.62. The summed E-state index contributed by atoms with van der Waals surface area (Å²) in [7, 11) is 0. The Bertz CT molecular complexity index is 277. The van der Waals surface area contributed by atoms with E-state index < -0.39 is 0 Å². The third-order valence-corrected chi connectivity index (χ3v) is 1.54. The van der Waals surface area contributed by atoms with Gasteiger partial charge in [0.05, 0.1) is 11.4 Å². The highest BCUT2D eigenvalue weighted by Gasteiger charge is 1.99. The molecule has 1 heterocycles. The van der Waals surface area contributed by atoms with E-state index in [1.54, 1.807) is 0 Å². The highest BCUT2D eigenvalue weighted by Crippen LogP contribution is 2.09. The fraction of sp³-hybridized carbons (Fsp3) is 0.417. The summed E-state index contributed by atoms with van der Waals surface area (Å²) in [6, 6.07) is 0. The molecule has 0 bridgehead atoms. The Balaban J connectivity index is 0.000000791. The van der Waals surface area contributed by atoms with Gasteiger partial charge in [-0.1, -0.05) is 26.0 Å². The number of imidazole rings is 1. The summed E-state index contributed by atoms with van der Waals surface area (Å²) in [6.45, 7) is 9.94. The lowest BCUT2D eigenvalue weighted by atomic mass is 10.3. The van der Waals surface area contributed by atoms with Crippen LogP contribution in [0.15, 0.2) is 12.2 Å². The predicted molar refractivity (Wildman–Crippen MR) is 64.1 cm³/mol. The lowest BCUT2D eigenvalue weighted by Crippen LogP contribution is -1.75. The van der Waals surface area contributed by atoms with Crippen LogP contribution >= 0.6 is 0 Å². The maximum atomic E-state index is 4.33. The lowest BCUT2D eigenvalue weighted by Gasteiger charge is -1.87. The molecule has 0 fully saturated rings. The number of aromatic amines is 1. The molecule has 0 unspecified atom stereocenters. The first-order chi connectivity index (χ1) is 6.77. The Morgan fingerprint density at radius 3 is 2.14 bits per heavy atom. The third kappa shape index (κ3) is 3.60. The molecule has 0 atom stereocenters. The third-order valence-electron chi connectivity index (χ3n) is 1.54. The summed E-state index contributed by atoms with van der Waals surface area (Å²) in [6.07, 6.45) is 8.01. The van der Waals surface area contributed by atoms with Gasteiger partial charge in [-0.3, -0.25) is 0 Å². The van der Waals surface area contributed by atoms with Gasteiger partial charge in [0.15, 0.2) is 0 Å². The fourth-order valence-corrected chi connectivity index (χ4v) is 1.11. The van der Waals surface area contributed by atoms with E-state index in [2.05, 4.69) is 9.97 Å². The zero-order valence-corrected chi connectivity index (χ0v) is 9.76. The lowest BCUT2D eigenvalue weighted by molar-refractivity contribution is 1.14. The number of rotatable bonds is 2. The van der Waals surface area contributed by atoms with Crippen molar-refractivity contribution in [3.63, 3.8) is 0 Å². The minimum atomic E-state index is 0.955. The molecule has 0 aliphatic carbocycles. The van der Waals surface area contributed by atoms with E-state index in [-0.39, 0.29) is 0 Å². The minimum absolute atomic E-state index is 0.955. The maximum absolute atomic E-state index is 4.33. The first kappa shape index (κ1) is 12.7. The average molecular weight is 192 g/mol. The zero-order chi connectivity index (χ0) is 11.0. The van der Waals surface area contributed by atoms with Crippen LogP contribution in [0.5, 0.6) is 0 Å². The molecule has 0 aromatic carbocycles. The summed E-state index contributed by atoms with van der Waals surface area (Å²) in [5, 5.41) is 0. The first-order valence-corrected chi connectivity index (χ1v) is 5.10. The second kappa shape index (κ2) is 7.13. The van der Waals surface area contributed by atoms with E-state index in [1.807, 2.05) is 58.9 Å². The smallest absolute Gasteiger partial charge is 0.104 e. The van der Waals surface area contributed by atoms with Gasteiger partial charge in [-0.15, -0.1) is 0 Å². The van der Waals surface area contributed by atoms with Crippen LogP contribution in [0.25, 0.3) is 12.2 Å². The Hall–Kier alpha value is -1.31. The standard InChI is InChI=1S/C10H14N2.C2H6/c1-4-6-9-10(7-5-2)12-8(3)11-9;1-2/h4-7H,1-3H3,(H,11,12);1-2H3/b6-4-,7-5-;. The van der Waals surface area contributed by atoms with Crippen LogP contribution < -0.4 is 0 Å². The second-order valence-corrected chi connectivity index (χ2v) is 2.62. The molecule has 0 saturated heterocycles. The number of nitrogens with one attached hydrogen (secondary N) is 1. The topological polar surface area (TPSA) is 28.7 Å². The number of allylic oxidation sites excluding steroid dienone is 2. The Morgan fingerprint density at radius 2 is 1.64 bits per heavy atom. The van der Waals surface area contributed by atoms with Gasteiger partial charge in [-0.2, -0.15) is 0 Å². The predicted octanol–water partition coefficient (Wildman–Crippen LogP) is 3.81. The average Bonchev–Trinajstić information content (AvgIpc) is 2.51. The van der Waals surface area contributed by atoms with Crippen LogP contribution in [0, 0.1) is 6.92 Å². The van der Waals surface area contributed by atoms with E-state index in [9.17, 15) is 0 Å². The molecule has 0 amide bonds. The molecule has 0 aliphatic rings. The van der Waals surface area contributed by atoms with E-state index in [1.165, 1.54) is 0 Å². The van der Waals surface area contributed by atoms with Crippen molar-refractivity contribution in [1.29, 1.82) is 0 Å². The van der Waals surface area contributed by atoms with Crippen LogP contribution in [-0.2, 0) is 0 Å². The van der Waals surface area contributed by atoms with Gasteiger partial charge in [0.25, 0.3) is 0 Å². The summed E-state index contributed by atoms with van der Waals surface area (Å²) in [5.41, 5.74) is 2.08. The molecule has 1 aromatic heterocycles. The van der Waals surface area contributed by atoms with Crippen molar-refractivity contribution in [2.24, 2.45) is 0 Å². The van der Waals surface area contributed by atoms with Crippen molar-refractivity contribution < 1.29 is 0 Å². The number of hydrogen-bond acceptors (Lipinski definition) is 1. The largest absolute Gasteiger partial charge is 0.342 e. The molecule has 78 valence electrons. The molecule has 1 aromatic rings. The van der Waals surface area contributed by atoms with Gasteiger partial charge in [0.1, 0.15) is 5.82 Å². The molecule has 2 nitrogen and oxygen atoms in total. The zero-order valence-electron chi connectivity index (χ0n) is 9.76. The number of H-pyrrole nitrogens is 1. The Labute approximate surface area is 86.8 Å². The molecule has 1 N–H and O–H groups in total. The van der Waals surface area contributed by atoms with Crippen molar-refractivity contribution in [1.82, 2.24) is 9.97 Å². The van der Waals surface area contributed by atoms with E-state index >= 15 is 0 Å². The summed E-state index contributed by atoms with van der Waals surface area (Å²) in [4.78, 5) is 7.51. The van der Waals surface area contributed by atoms with Crippen molar-refractivity contribution in [2.45, 2.75) is 34.6 Å². The normalized spacial score (nSPS) is 10.6. The van der Waals surface area contributed by atoms with Gasteiger partial charge in [-0.25, -0.2) is 4.98 Å². The summed E-state index contributed by atoms with van der Waals surface area (Å²) in [5.74, 6) is 0.955. The van der Waals surface area contributed by atoms with Gasteiger partial charge in [0, 0.05) is 0 Å². The maximum Gasteiger partial charge on any atom is 0.104 e. The van der Waals surface area contributed by atoms with Gasteiger partial charge in [0.2, 0.25) is 0 Å². The molecule has 0 spiro atoms. The highest BCUT2D eigenvalue weighted by atomic mass is 14.9. The van der Waals surface area contributed by atoms with Gasteiger partial charge >= 0.3 is 0 Å². The molecule has 2 heteroatoms. The SMILES string of the molecule is C/C=C\c1nc(C)[nH]c1/C=C\C.CC. The molecule has 0 saturated carbocycles. The van der Waals surface area contributed by atoms with Crippen molar-refractivity contribution >= 4 is 12.2 Å². The van der Waals surface area contributed by atoms with Crippen LogP contribution in [0.1, 0.15) is 44.9 Å². The van der Waals surface area contributed by atoms with Gasteiger partial charge in [-0.05, 0) is 32.9 Å². The van der Waals surface area contributed by atoms with Crippen LogP contribution in [0.2, 0.25) is 0 Å². The first-order valence-electron chi connectivity index (χ1n) is 5.10. The highest BCUT2D eigenvalue weighted by molar-refractivity contribution is 5.59. The van der Waals surface area contributed by atoms with Crippen molar-refractivity contribution in [3.05, 3.63) is 29.4 Å². The molecule has 1 rings (SSSR count). The van der Waals surface area contributed by atoms with Crippen LogP contribution in [0.4, 0.5) is 0 Å². The van der Waals surface area contributed by atoms with E-state index in [0.717, 1.165) is 17.2 Å². The number of hydrogen-bond donors (Lipinski definition) is 1. The quantitative estimate of drug-likeness (QED) is 0.758. The molecule has 0 aliphatic heterocycles. The van der Waals surface area contributed by atoms with Crippen LogP contribution in [0.3, 0.4) is 0 Å². The summed E-state index contributed by atoms with van der Waals surface area (Å²) >= 11 is 0. The van der Waals surface area contributed by atoms with E-state index in [0.29, 0.717) is 0 Å². The number of aryl methyl sites for hydroxylation is 1. The molecule has 0 radical (unpaired) electrons. The van der Waals surface area contributed by atoms with Gasteiger partial charge < -0.3 is 4.98 Å². The molecule has 14 heavy (non-hydrogen) atoms. The summed E-state index contributed by atoms with van der Waals surface area (Å²) < 4.78 is 0. The monoisotopic (exact) mass is 192 g/mol. The Morgan fingerprint density at radius 1 is 1.07 bits per heavy atom. The Kier molecular flexibility index (Phi) is 6.46. The minimum Gasteiger partial charge on any atom is -0.342 e. The van der Waals surface area contributed by atoms with Crippen LogP contribution in [-0.4, -0.2) is 9.97 Å². The number of aromatic nitrogens is 2.